The Hall–Kier alpha value is -1.02. The number of methoxy groups -OCH3 is 2. The van der Waals surface area contributed by atoms with Crippen molar-refractivity contribution in [3.63, 3.8) is 0 Å². The SMILES string of the molecule is COC1(OC)C2(Cl)C(Cl)=C(Cl)C1(Cl)c1c(OC(C)=O)ccc(OC(C)=O)c12. The zero-order valence-electron chi connectivity index (χ0n) is 14.6. The summed E-state index contributed by atoms with van der Waals surface area (Å²) in [6.45, 7) is 2.45. The Labute approximate surface area is 175 Å². The van der Waals surface area contributed by atoms with Gasteiger partial charge in [0.25, 0.3) is 0 Å². The molecule has 2 atom stereocenters. The van der Waals surface area contributed by atoms with Crippen LogP contribution in [0.25, 0.3) is 0 Å². The number of hydrogen-bond donors (Lipinski definition) is 0. The molecule has 0 radical (unpaired) electrons. The zero-order chi connectivity index (χ0) is 20.4. The smallest absolute Gasteiger partial charge is 0.308 e. The lowest BCUT2D eigenvalue weighted by Gasteiger charge is -2.40. The van der Waals surface area contributed by atoms with E-state index in [2.05, 4.69) is 0 Å². The first-order valence-corrected chi connectivity index (χ1v) is 9.13. The summed E-state index contributed by atoms with van der Waals surface area (Å²) in [5.41, 5.74) is 0.345. The molecule has 0 spiro atoms. The predicted molar refractivity (Wildman–Crippen MR) is 99.6 cm³/mol. The third-order valence-electron chi connectivity index (χ3n) is 4.60. The average molecular weight is 456 g/mol. The van der Waals surface area contributed by atoms with Crippen molar-refractivity contribution in [1.29, 1.82) is 0 Å². The predicted octanol–water partition coefficient (Wildman–Crippen LogP) is 4.11. The highest BCUT2D eigenvalue weighted by Crippen LogP contribution is 2.77. The molecular weight excluding hydrogens is 442 g/mol. The molecule has 1 aromatic carbocycles. The Kier molecular flexibility index (Phi) is 4.99. The number of alkyl halides is 2. The van der Waals surface area contributed by atoms with E-state index in [1.165, 1.54) is 40.2 Å². The summed E-state index contributed by atoms with van der Waals surface area (Å²) in [5, 5.41) is -0.101. The van der Waals surface area contributed by atoms with Crippen molar-refractivity contribution < 1.29 is 28.5 Å². The van der Waals surface area contributed by atoms with Gasteiger partial charge in [0.2, 0.25) is 5.79 Å². The highest BCUT2D eigenvalue weighted by Gasteiger charge is 2.81. The number of halogens is 4. The minimum atomic E-state index is -1.80. The third kappa shape index (κ3) is 2.29. The van der Waals surface area contributed by atoms with Gasteiger partial charge < -0.3 is 18.9 Å². The van der Waals surface area contributed by atoms with Crippen molar-refractivity contribution >= 4 is 58.3 Å². The monoisotopic (exact) mass is 454 g/mol. The van der Waals surface area contributed by atoms with Crippen LogP contribution in [0.3, 0.4) is 0 Å². The molecule has 146 valence electrons. The molecule has 6 nitrogen and oxygen atoms in total. The largest absolute Gasteiger partial charge is 0.426 e. The Morgan fingerprint density at radius 3 is 1.41 bits per heavy atom. The number of carbonyl (C=O) groups excluding carboxylic acids is 2. The Bertz CT molecular complexity index is 827. The van der Waals surface area contributed by atoms with E-state index >= 15 is 0 Å². The molecule has 0 amide bonds. The lowest BCUT2D eigenvalue weighted by atomic mass is 9.93. The van der Waals surface area contributed by atoms with Gasteiger partial charge in [0, 0.05) is 39.2 Å². The summed E-state index contributed by atoms with van der Waals surface area (Å²) in [4.78, 5) is 19.7. The van der Waals surface area contributed by atoms with Crippen molar-refractivity contribution in [3.8, 4) is 11.5 Å². The number of hydrogen-bond acceptors (Lipinski definition) is 6. The molecule has 0 saturated heterocycles. The number of benzene rings is 1. The Morgan fingerprint density at radius 2 is 1.15 bits per heavy atom. The number of esters is 2. The van der Waals surface area contributed by atoms with Gasteiger partial charge in [-0.05, 0) is 12.1 Å². The van der Waals surface area contributed by atoms with Crippen LogP contribution in [-0.4, -0.2) is 31.9 Å². The van der Waals surface area contributed by atoms with Gasteiger partial charge in [0.1, 0.15) is 11.5 Å². The fourth-order valence-corrected chi connectivity index (χ4v) is 5.77. The van der Waals surface area contributed by atoms with Crippen molar-refractivity contribution in [3.05, 3.63) is 33.3 Å². The maximum absolute atomic E-state index is 11.6. The Balaban J connectivity index is 2.47. The number of fused-ring (bicyclic) bond motifs is 5. The van der Waals surface area contributed by atoms with Crippen LogP contribution < -0.4 is 9.47 Å². The molecule has 0 N–H and O–H groups in total. The first-order valence-electron chi connectivity index (χ1n) is 7.62. The summed E-state index contributed by atoms with van der Waals surface area (Å²) in [6, 6.07) is 2.83. The summed E-state index contributed by atoms with van der Waals surface area (Å²) in [7, 11) is 2.64. The number of rotatable bonds is 4. The van der Waals surface area contributed by atoms with Gasteiger partial charge in [-0.3, -0.25) is 9.59 Å². The van der Waals surface area contributed by atoms with Gasteiger partial charge in [0.15, 0.2) is 9.75 Å². The van der Waals surface area contributed by atoms with Crippen LogP contribution in [0.15, 0.2) is 22.2 Å². The second kappa shape index (κ2) is 6.51. The highest BCUT2D eigenvalue weighted by molar-refractivity contribution is 6.52. The minimum Gasteiger partial charge on any atom is -0.426 e. The normalized spacial score (nSPS) is 27.6. The second-order valence-electron chi connectivity index (χ2n) is 5.97. The van der Waals surface area contributed by atoms with Crippen molar-refractivity contribution in [2.75, 3.05) is 14.2 Å². The third-order valence-corrected chi connectivity index (χ3v) is 7.09. The molecule has 0 heterocycles. The summed E-state index contributed by atoms with van der Waals surface area (Å²) in [6.07, 6.45) is 0. The van der Waals surface area contributed by atoms with Gasteiger partial charge in [0.05, 0.1) is 10.1 Å². The lowest BCUT2D eigenvalue weighted by Crippen LogP contribution is -2.53. The van der Waals surface area contributed by atoms with E-state index in [1.807, 2.05) is 0 Å². The van der Waals surface area contributed by atoms with E-state index in [1.54, 1.807) is 0 Å². The molecule has 3 rings (SSSR count). The van der Waals surface area contributed by atoms with Crippen molar-refractivity contribution in [2.24, 2.45) is 0 Å². The molecule has 0 fully saturated rings. The molecule has 0 saturated carbocycles. The molecular formula is C17H14Cl4O6. The summed E-state index contributed by atoms with van der Waals surface area (Å²) < 4.78 is 21.8. The van der Waals surface area contributed by atoms with E-state index in [4.69, 9.17) is 65.4 Å². The fourth-order valence-electron chi connectivity index (χ4n) is 3.75. The van der Waals surface area contributed by atoms with Crippen LogP contribution in [0.4, 0.5) is 0 Å². The quantitative estimate of drug-likeness (QED) is 0.294. The standard InChI is InChI=1S/C17H14Cl4O6/c1-7(22)26-9-5-6-10(27-8(2)23)12-11(9)15(20)13(18)14(19)16(12,21)17(15,24-3)25-4/h5-6H,1-4H3. The molecule has 10 heteroatoms. The van der Waals surface area contributed by atoms with E-state index in [-0.39, 0.29) is 32.7 Å². The number of ether oxygens (including phenoxy) is 4. The van der Waals surface area contributed by atoms with E-state index < -0.39 is 27.5 Å². The molecule has 2 bridgehead atoms. The lowest BCUT2D eigenvalue weighted by molar-refractivity contribution is -0.229. The summed E-state index contributed by atoms with van der Waals surface area (Å²) in [5.74, 6) is -2.88. The molecule has 0 aromatic heterocycles. The van der Waals surface area contributed by atoms with E-state index in [9.17, 15) is 9.59 Å². The minimum absolute atomic E-state index is 0.0505. The molecule has 0 aliphatic heterocycles. The maximum atomic E-state index is 11.6. The first-order chi connectivity index (χ1) is 12.5. The Morgan fingerprint density at radius 1 is 0.815 bits per heavy atom. The van der Waals surface area contributed by atoms with Crippen molar-refractivity contribution in [2.45, 2.75) is 29.4 Å². The van der Waals surface area contributed by atoms with Crippen molar-refractivity contribution in [1.82, 2.24) is 0 Å². The van der Waals surface area contributed by atoms with Crippen LogP contribution in [-0.2, 0) is 28.8 Å². The molecule has 2 aliphatic rings. The van der Waals surface area contributed by atoms with E-state index in [0.717, 1.165) is 0 Å². The molecule has 2 aliphatic carbocycles. The number of carbonyl (C=O) groups is 2. The van der Waals surface area contributed by atoms with Crippen LogP contribution in [0.2, 0.25) is 0 Å². The first kappa shape index (κ1) is 20.7. The fraction of sp³-hybridized carbons (Fsp3) is 0.412. The van der Waals surface area contributed by atoms with Gasteiger partial charge in [-0.25, -0.2) is 0 Å². The van der Waals surface area contributed by atoms with Crippen LogP contribution in [0, 0.1) is 0 Å². The maximum Gasteiger partial charge on any atom is 0.308 e. The van der Waals surface area contributed by atoms with E-state index in [0.29, 0.717) is 0 Å². The van der Waals surface area contributed by atoms with Crippen LogP contribution >= 0.6 is 46.4 Å². The van der Waals surface area contributed by atoms with Gasteiger partial charge >= 0.3 is 11.9 Å². The zero-order valence-corrected chi connectivity index (χ0v) is 17.6. The summed E-state index contributed by atoms with van der Waals surface area (Å²) >= 11 is 26.8. The highest BCUT2D eigenvalue weighted by atomic mass is 35.5. The van der Waals surface area contributed by atoms with Crippen LogP contribution in [0.5, 0.6) is 11.5 Å². The van der Waals surface area contributed by atoms with Gasteiger partial charge in [-0.2, -0.15) is 0 Å². The molecule has 27 heavy (non-hydrogen) atoms. The van der Waals surface area contributed by atoms with Gasteiger partial charge in [-0.1, -0.05) is 23.2 Å². The topological polar surface area (TPSA) is 71.1 Å². The van der Waals surface area contributed by atoms with Gasteiger partial charge in [-0.15, -0.1) is 23.2 Å². The van der Waals surface area contributed by atoms with Crippen LogP contribution in [0.1, 0.15) is 25.0 Å². The average Bonchev–Trinajstić information content (AvgIpc) is 2.85. The molecule has 1 aromatic rings. The molecule has 2 unspecified atom stereocenters. The second-order valence-corrected chi connectivity index (χ2v) is 7.86.